The van der Waals surface area contributed by atoms with Crippen molar-refractivity contribution < 1.29 is 4.74 Å². The molecule has 1 aromatic carbocycles. The first-order valence-corrected chi connectivity index (χ1v) is 15.5. The standard InChI is InChI=1S/C33H54N2O/c1-22(21-36-27-19-25(34)18-26(35)20-27)8-7-9-23(2)29-13-14-30-28-12-11-24-10-5-6-16-32(24,3)31(28)15-17-33(29,30)4/h18-20,22-24,28-31H,5-17,21,34-35H2,1-4H3/t22?,23?,24?,28-,29+,30-,31-,32-,33+/m0/s1. The van der Waals surface area contributed by atoms with Gasteiger partial charge in [-0.25, -0.2) is 0 Å². The molecule has 36 heavy (non-hydrogen) atoms. The molecule has 4 N–H and O–H groups in total. The van der Waals surface area contributed by atoms with Gasteiger partial charge < -0.3 is 16.2 Å². The Morgan fingerprint density at radius 2 is 1.58 bits per heavy atom. The van der Waals surface area contributed by atoms with Crippen LogP contribution in [0.4, 0.5) is 11.4 Å². The summed E-state index contributed by atoms with van der Waals surface area (Å²) < 4.78 is 6.01. The maximum Gasteiger partial charge on any atom is 0.123 e. The van der Waals surface area contributed by atoms with Gasteiger partial charge in [0.15, 0.2) is 0 Å². The van der Waals surface area contributed by atoms with E-state index in [0.29, 0.717) is 28.1 Å². The van der Waals surface area contributed by atoms with Crippen molar-refractivity contribution >= 4 is 11.4 Å². The van der Waals surface area contributed by atoms with Gasteiger partial charge in [0.25, 0.3) is 0 Å². The largest absolute Gasteiger partial charge is 0.493 e. The predicted molar refractivity (Wildman–Crippen MR) is 153 cm³/mol. The molecule has 0 aromatic heterocycles. The number of rotatable bonds is 8. The average molecular weight is 495 g/mol. The van der Waals surface area contributed by atoms with Gasteiger partial charge in [-0.2, -0.15) is 0 Å². The molecule has 0 radical (unpaired) electrons. The Kier molecular flexibility index (Phi) is 7.59. The Hall–Kier alpha value is -1.38. The van der Waals surface area contributed by atoms with Crippen LogP contribution in [-0.4, -0.2) is 6.61 Å². The number of nitrogens with two attached hydrogens (primary N) is 2. The Balaban J connectivity index is 1.12. The molecule has 0 saturated heterocycles. The first kappa shape index (κ1) is 26.2. The summed E-state index contributed by atoms with van der Waals surface area (Å²) in [5, 5.41) is 0. The van der Waals surface area contributed by atoms with E-state index in [4.69, 9.17) is 16.2 Å². The van der Waals surface area contributed by atoms with E-state index in [1.165, 1.54) is 77.0 Å². The fourth-order valence-electron chi connectivity index (χ4n) is 10.3. The lowest BCUT2D eigenvalue weighted by atomic mass is 9.44. The normalized spacial score (nSPS) is 39.5. The van der Waals surface area contributed by atoms with Crippen LogP contribution in [0, 0.1) is 52.3 Å². The molecule has 4 aliphatic carbocycles. The number of hydrogen-bond donors (Lipinski definition) is 2. The van der Waals surface area contributed by atoms with E-state index in [1.807, 2.05) is 12.1 Å². The Morgan fingerprint density at radius 1 is 0.833 bits per heavy atom. The highest BCUT2D eigenvalue weighted by atomic mass is 16.5. The van der Waals surface area contributed by atoms with E-state index in [-0.39, 0.29) is 0 Å². The summed E-state index contributed by atoms with van der Waals surface area (Å²) in [5.41, 5.74) is 14.4. The van der Waals surface area contributed by atoms with Crippen molar-refractivity contribution in [2.24, 2.45) is 52.3 Å². The van der Waals surface area contributed by atoms with Crippen LogP contribution >= 0.6 is 0 Å². The van der Waals surface area contributed by atoms with Crippen LogP contribution in [0.1, 0.15) is 111 Å². The van der Waals surface area contributed by atoms with Crippen molar-refractivity contribution in [3.63, 3.8) is 0 Å². The lowest BCUT2D eigenvalue weighted by Gasteiger charge is -2.61. The van der Waals surface area contributed by atoms with E-state index in [2.05, 4.69) is 27.7 Å². The van der Waals surface area contributed by atoms with Gasteiger partial charge in [0.2, 0.25) is 0 Å². The predicted octanol–water partition coefficient (Wildman–Crippen LogP) is 8.72. The second-order valence-corrected chi connectivity index (χ2v) is 14.3. The maximum absolute atomic E-state index is 6.01. The number of ether oxygens (including phenoxy) is 1. The van der Waals surface area contributed by atoms with Crippen molar-refractivity contribution in [3.05, 3.63) is 18.2 Å². The summed E-state index contributed by atoms with van der Waals surface area (Å²) in [6.07, 6.45) is 19.1. The quantitative estimate of drug-likeness (QED) is 0.355. The summed E-state index contributed by atoms with van der Waals surface area (Å²) in [6, 6.07) is 5.52. The van der Waals surface area contributed by atoms with Gasteiger partial charge in [-0.05, 0) is 116 Å². The molecule has 0 spiro atoms. The fraction of sp³-hybridized carbons (Fsp3) is 0.818. The topological polar surface area (TPSA) is 61.3 Å². The summed E-state index contributed by atoms with van der Waals surface area (Å²) in [6.45, 7) is 11.1. The monoisotopic (exact) mass is 494 g/mol. The molecule has 3 nitrogen and oxygen atoms in total. The molecule has 1 aromatic rings. The third-order valence-electron chi connectivity index (χ3n) is 12.2. The Labute approximate surface area is 221 Å². The average Bonchev–Trinajstić information content (AvgIpc) is 3.19. The van der Waals surface area contributed by atoms with Crippen LogP contribution in [0.3, 0.4) is 0 Å². The highest BCUT2D eigenvalue weighted by Gasteiger charge is 2.60. The summed E-state index contributed by atoms with van der Waals surface area (Å²) in [5.74, 6) is 7.22. The smallest absolute Gasteiger partial charge is 0.123 e. The zero-order valence-electron chi connectivity index (χ0n) is 23.7. The van der Waals surface area contributed by atoms with Crippen LogP contribution in [-0.2, 0) is 0 Å². The highest BCUT2D eigenvalue weighted by Crippen LogP contribution is 2.68. The van der Waals surface area contributed by atoms with E-state index in [1.54, 1.807) is 12.5 Å². The first-order chi connectivity index (χ1) is 17.2. The number of anilines is 2. The lowest BCUT2D eigenvalue weighted by Crippen LogP contribution is -2.53. The van der Waals surface area contributed by atoms with E-state index >= 15 is 0 Å². The van der Waals surface area contributed by atoms with Crippen molar-refractivity contribution in [1.82, 2.24) is 0 Å². The number of nitrogen functional groups attached to an aromatic ring is 2. The lowest BCUT2D eigenvalue weighted by molar-refractivity contribution is -0.114. The van der Waals surface area contributed by atoms with Gasteiger partial charge in [-0.15, -0.1) is 0 Å². The molecule has 0 bridgehead atoms. The van der Waals surface area contributed by atoms with Crippen LogP contribution in [0.5, 0.6) is 5.75 Å². The summed E-state index contributed by atoms with van der Waals surface area (Å²) in [7, 11) is 0. The third kappa shape index (κ3) is 4.90. The molecule has 3 heteroatoms. The second kappa shape index (κ2) is 10.4. The molecule has 5 rings (SSSR count). The molecule has 0 heterocycles. The zero-order chi connectivity index (χ0) is 25.5. The van der Waals surface area contributed by atoms with Crippen LogP contribution in [0.2, 0.25) is 0 Å². The van der Waals surface area contributed by atoms with E-state index in [0.717, 1.165) is 47.9 Å². The molecule has 0 aliphatic heterocycles. The molecular weight excluding hydrogens is 440 g/mol. The van der Waals surface area contributed by atoms with Crippen molar-refractivity contribution in [2.45, 2.75) is 111 Å². The summed E-state index contributed by atoms with van der Waals surface area (Å²) >= 11 is 0. The molecule has 4 saturated carbocycles. The van der Waals surface area contributed by atoms with Crippen molar-refractivity contribution in [3.8, 4) is 5.75 Å². The van der Waals surface area contributed by atoms with Gasteiger partial charge in [-0.3, -0.25) is 0 Å². The molecule has 4 fully saturated rings. The maximum atomic E-state index is 6.01. The van der Waals surface area contributed by atoms with Crippen molar-refractivity contribution in [2.75, 3.05) is 18.1 Å². The molecule has 9 atom stereocenters. The van der Waals surface area contributed by atoms with Crippen molar-refractivity contribution in [1.29, 1.82) is 0 Å². The minimum Gasteiger partial charge on any atom is -0.493 e. The van der Waals surface area contributed by atoms with Crippen LogP contribution < -0.4 is 16.2 Å². The van der Waals surface area contributed by atoms with Crippen LogP contribution in [0.15, 0.2) is 18.2 Å². The Bertz CT molecular complexity index is 879. The van der Waals surface area contributed by atoms with Gasteiger partial charge in [-0.1, -0.05) is 53.4 Å². The number of hydrogen-bond acceptors (Lipinski definition) is 3. The van der Waals surface area contributed by atoms with Crippen LogP contribution in [0.25, 0.3) is 0 Å². The Morgan fingerprint density at radius 3 is 2.36 bits per heavy atom. The van der Waals surface area contributed by atoms with Gasteiger partial charge >= 0.3 is 0 Å². The number of benzene rings is 1. The minimum atomic E-state index is 0.550. The fourth-order valence-corrected chi connectivity index (χ4v) is 10.3. The number of fused-ring (bicyclic) bond motifs is 5. The van der Waals surface area contributed by atoms with E-state index in [9.17, 15) is 0 Å². The van der Waals surface area contributed by atoms with Gasteiger partial charge in [0.05, 0.1) is 6.61 Å². The molecule has 3 unspecified atom stereocenters. The highest BCUT2D eigenvalue weighted by molar-refractivity contribution is 5.56. The summed E-state index contributed by atoms with van der Waals surface area (Å²) in [4.78, 5) is 0. The molecular formula is C33H54N2O. The van der Waals surface area contributed by atoms with Gasteiger partial charge in [0, 0.05) is 23.5 Å². The first-order valence-electron chi connectivity index (χ1n) is 15.5. The second-order valence-electron chi connectivity index (χ2n) is 14.3. The van der Waals surface area contributed by atoms with E-state index < -0.39 is 0 Å². The zero-order valence-corrected chi connectivity index (χ0v) is 23.7. The third-order valence-corrected chi connectivity index (χ3v) is 12.2. The molecule has 4 aliphatic rings. The van der Waals surface area contributed by atoms with Gasteiger partial charge in [0.1, 0.15) is 5.75 Å². The molecule has 0 amide bonds. The minimum absolute atomic E-state index is 0.550. The SMILES string of the molecule is CC(CCCC(C)[C@H]1CC[C@H]2[C@@H]3CCC4CCCC[C@]4(C)[C@H]3CC[C@]12C)COc1cc(N)cc(N)c1. The molecule has 202 valence electrons.